The molecule has 0 unspecified atom stereocenters. The molecule has 1 heteroatoms. The fraction of sp³-hybridized carbons (Fsp3) is 0.500. The van der Waals surface area contributed by atoms with Crippen molar-refractivity contribution in [3.8, 4) is 0 Å². The van der Waals surface area contributed by atoms with E-state index in [0.717, 1.165) is 13.0 Å². The van der Waals surface area contributed by atoms with Crippen molar-refractivity contribution in [2.75, 3.05) is 6.61 Å². The van der Waals surface area contributed by atoms with Crippen LogP contribution in [0.1, 0.15) is 13.3 Å². The van der Waals surface area contributed by atoms with Gasteiger partial charge in [-0.2, -0.15) is 0 Å². The molecule has 0 aromatic rings. The minimum absolute atomic E-state index is 0.727. The summed E-state index contributed by atoms with van der Waals surface area (Å²) in [7, 11) is 0. The summed E-state index contributed by atoms with van der Waals surface area (Å²) in [5, 5.41) is 0. The first-order chi connectivity index (χ1) is 3.41. The number of allylic oxidation sites excluding steroid dienone is 1. The summed E-state index contributed by atoms with van der Waals surface area (Å²) in [4.78, 5) is 0. The molecular weight excluding hydrogens is 88.1 g/mol. The Morgan fingerprint density at radius 2 is 2.43 bits per heavy atom. The van der Waals surface area contributed by atoms with Crippen molar-refractivity contribution in [1.82, 2.24) is 0 Å². The van der Waals surface area contributed by atoms with Gasteiger partial charge in [0.05, 0.1) is 12.9 Å². The monoisotopic (exact) mass is 99.1 g/mol. The van der Waals surface area contributed by atoms with Crippen LogP contribution >= 0.6 is 0 Å². The van der Waals surface area contributed by atoms with Gasteiger partial charge in [0, 0.05) is 0 Å². The van der Waals surface area contributed by atoms with Crippen LogP contribution in [-0.4, -0.2) is 6.61 Å². The SMILES string of the molecule is [CH2]CCOC=CC. The second kappa shape index (κ2) is 5.54. The zero-order valence-electron chi connectivity index (χ0n) is 4.68. The molecule has 1 radical (unpaired) electrons. The molecular formula is C6H11O. The molecule has 0 atom stereocenters. The van der Waals surface area contributed by atoms with E-state index in [1.807, 2.05) is 13.0 Å². The quantitative estimate of drug-likeness (QED) is 0.387. The van der Waals surface area contributed by atoms with Crippen molar-refractivity contribution < 1.29 is 4.74 Å². The highest BCUT2D eigenvalue weighted by molar-refractivity contribution is 4.64. The van der Waals surface area contributed by atoms with E-state index >= 15 is 0 Å². The largest absolute Gasteiger partial charge is 0.502 e. The van der Waals surface area contributed by atoms with Crippen LogP contribution in [0.4, 0.5) is 0 Å². The molecule has 0 amide bonds. The maximum absolute atomic E-state index is 4.89. The van der Waals surface area contributed by atoms with Gasteiger partial charge in [-0.1, -0.05) is 6.08 Å². The molecule has 0 N–H and O–H groups in total. The molecule has 41 valence electrons. The first-order valence-corrected chi connectivity index (χ1v) is 2.44. The van der Waals surface area contributed by atoms with Crippen LogP contribution < -0.4 is 0 Å². The molecule has 0 spiro atoms. The van der Waals surface area contributed by atoms with E-state index in [0.29, 0.717) is 0 Å². The topological polar surface area (TPSA) is 9.23 Å². The molecule has 0 fully saturated rings. The third-order valence-electron chi connectivity index (χ3n) is 0.494. The molecule has 0 aliphatic carbocycles. The van der Waals surface area contributed by atoms with Crippen molar-refractivity contribution >= 4 is 0 Å². The Morgan fingerprint density at radius 3 is 2.86 bits per heavy atom. The second-order valence-electron chi connectivity index (χ2n) is 1.19. The maximum atomic E-state index is 4.89. The summed E-state index contributed by atoms with van der Waals surface area (Å²) in [5.41, 5.74) is 0. The van der Waals surface area contributed by atoms with E-state index in [1.54, 1.807) is 6.26 Å². The maximum Gasteiger partial charge on any atom is 0.0873 e. The Morgan fingerprint density at radius 1 is 1.71 bits per heavy atom. The molecule has 7 heavy (non-hydrogen) atoms. The minimum atomic E-state index is 0.727. The normalized spacial score (nSPS) is 10.0. The van der Waals surface area contributed by atoms with E-state index in [4.69, 9.17) is 4.74 Å². The third-order valence-corrected chi connectivity index (χ3v) is 0.494. The van der Waals surface area contributed by atoms with Gasteiger partial charge in [-0.05, 0) is 20.3 Å². The third kappa shape index (κ3) is 5.54. The van der Waals surface area contributed by atoms with Gasteiger partial charge >= 0.3 is 0 Å². The molecule has 0 bridgehead atoms. The van der Waals surface area contributed by atoms with Crippen LogP contribution in [0.5, 0.6) is 0 Å². The van der Waals surface area contributed by atoms with Crippen molar-refractivity contribution in [1.29, 1.82) is 0 Å². The molecule has 0 aliphatic rings. The van der Waals surface area contributed by atoms with Crippen molar-refractivity contribution in [3.05, 3.63) is 19.3 Å². The van der Waals surface area contributed by atoms with Gasteiger partial charge in [-0.15, -0.1) is 0 Å². The molecule has 0 aromatic heterocycles. The van der Waals surface area contributed by atoms with Gasteiger partial charge in [-0.25, -0.2) is 0 Å². The van der Waals surface area contributed by atoms with Crippen LogP contribution in [0.25, 0.3) is 0 Å². The van der Waals surface area contributed by atoms with E-state index in [2.05, 4.69) is 6.92 Å². The van der Waals surface area contributed by atoms with Crippen LogP contribution in [0.15, 0.2) is 12.3 Å². The molecule has 0 aromatic carbocycles. The van der Waals surface area contributed by atoms with Gasteiger partial charge in [-0.3, -0.25) is 0 Å². The first-order valence-electron chi connectivity index (χ1n) is 2.44. The van der Waals surface area contributed by atoms with Crippen molar-refractivity contribution in [2.45, 2.75) is 13.3 Å². The average molecular weight is 99.2 g/mol. The summed E-state index contributed by atoms with van der Waals surface area (Å²) < 4.78 is 4.89. The lowest BCUT2D eigenvalue weighted by Crippen LogP contribution is -1.80. The number of rotatable bonds is 3. The summed E-state index contributed by atoms with van der Waals surface area (Å²) in [6.07, 6.45) is 4.37. The molecule has 1 nitrogen and oxygen atoms in total. The van der Waals surface area contributed by atoms with Gasteiger partial charge < -0.3 is 4.74 Å². The van der Waals surface area contributed by atoms with Gasteiger partial charge in [0.1, 0.15) is 0 Å². The molecule has 0 heterocycles. The predicted molar refractivity (Wildman–Crippen MR) is 30.7 cm³/mol. The number of hydrogen-bond acceptors (Lipinski definition) is 1. The average Bonchev–Trinajstić information content (AvgIpc) is 1.69. The Balaban J connectivity index is 2.69. The molecule has 0 rings (SSSR count). The lowest BCUT2D eigenvalue weighted by Gasteiger charge is -1.91. The van der Waals surface area contributed by atoms with Gasteiger partial charge in [0.15, 0.2) is 0 Å². The first kappa shape index (κ1) is 6.54. The Hall–Kier alpha value is -0.460. The predicted octanol–water partition coefficient (Wildman–Crippen LogP) is 1.76. The van der Waals surface area contributed by atoms with E-state index in [1.165, 1.54) is 0 Å². The van der Waals surface area contributed by atoms with Crippen LogP contribution in [0.2, 0.25) is 0 Å². The zero-order valence-corrected chi connectivity index (χ0v) is 4.68. The highest BCUT2D eigenvalue weighted by Crippen LogP contribution is 1.79. The van der Waals surface area contributed by atoms with E-state index in [9.17, 15) is 0 Å². The summed E-state index contributed by atoms with van der Waals surface area (Å²) in [6.45, 7) is 6.24. The highest BCUT2D eigenvalue weighted by atomic mass is 16.5. The van der Waals surface area contributed by atoms with Crippen molar-refractivity contribution in [3.63, 3.8) is 0 Å². The summed E-state index contributed by atoms with van der Waals surface area (Å²) in [5.74, 6) is 0. The molecule has 0 saturated heterocycles. The lowest BCUT2D eigenvalue weighted by atomic mass is 10.5. The summed E-state index contributed by atoms with van der Waals surface area (Å²) in [6, 6.07) is 0. The highest BCUT2D eigenvalue weighted by Gasteiger charge is 1.70. The Bertz CT molecular complexity index is 48.1. The van der Waals surface area contributed by atoms with Crippen LogP contribution in [-0.2, 0) is 4.74 Å². The van der Waals surface area contributed by atoms with Gasteiger partial charge in [0.25, 0.3) is 0 Å². The number of ether oxygens (including phenoxy) is 1. The Kier molecular flexibility index (Phi) is 5.18. The lowest BCUT2D eigenvalue weighted by molar-refractivity contribution is 0.255. The standard InChI is InChI=1S/C6H11O/c1-3-5-7-6-4-2/h4,6H,1,3,5H2,2H3. The Labute approximate surface area is 45.0 Å². The van der Waals surface area contributed by atoms with Crippen molar-refractivity contribution in [2.24, 2.45) is 0 Å². The zero-order chi connectivity index (χ0) is 5.54. The van der Waals surface area contributed by atoms with Crippen LogP contribution in [0.3, 0.4) is 0 Å². The van der Waals surface area contributed by atoms with E-state index < -0.39 is 0 Å². The second-order valence-corrected chi connectivity index (χ2v) is 1.19. The number of hydrogen-bond donors (Lipinski definition) is 0. The fourth-order valence-electron chi connectivity index (χ4n) is 0.248. The fourth-order valence-corrected chi connectivity index (χ4v) is 0.248. The van der Waals surface area contributed by atoms with Gasteiger partial charge in [0.2, 0.25) is 0 Å². The van der Waals surface area contributed by atoms with E-state index in [-0.39, 0.29) is 0 Å². The minimum Gasteiger partial charge on any atom is -0.502 e. The molecule has 0 saturated carbocycles. The molecule has 0 aliphatic heterocycles. The van der Waals surface area contributed by atoms with Crippen LogP contribution in [0, 0.1) is 6.92 Å². The summed E-state index contributed by atoms with van der Waals surface area (Å²) >= 11 is 0. The smallest absolute Gasteiger partial charge is 0.0873 e.